The molecule has 152 valence electrons. The van der Waals surface area contributed by atoms with Crippen molar-refractivity contribution >= 4 is 23.0 Å². The lowest BCUT2D eigenvalue weighted by Crippen LogP contribution is -2.23. The van der Waals surface area contributed by atoms with E-state index < -0.39 is 0 Å². The van der Waals surface area contributed by atoms with Gasteiger partial charge in [0, 0.05) is 24.0 Å². The van der Waals surface area contributed by atoms with Crippen molar-refractivity contribution in [2.75, 3.05) is 5.73 Å². The molecule has 0 bridgehead atoms. The van der Waals surface area contributed by atoms with E-state index in [-0.39, 0.29) is 11.9 Å². The summed E-state index contributed by atoms with van der Waals surface area (Å²) in [6.07, 6.45) is 3.97. The number of carbonyl (C=O) groups is 1. The molecule has 9 nitrogen and oxygen atoms in total. The normalized spacial score (nSPS) is 10.8. The van der Waals surface area contributed by atoms with Gasteiger partial charge in [-0.3, -0.25) is 9.78 Å². The lowest BCUT2D eigenvalue weighted by molar-refractivity contribution is 0.0950. The Labute approximate surface area is 172 Å². The standard InChI is InChI=1S/C21H21N7O2/c1-2-16-9-15(7-8-23-16)19(29)24-10-13-3-5-14(6-4-13)11-30-20-17-18(26-12-25-17)27-21(22)28-20/h3-9,12H,2,10-11H2,1H3,(H,24,29)(H3,22,25,26,27,28). The molecule has 30 heavy (non-hydrogen) atoms. The molecule has 1 amide bonds. The van der Waals surface area contributed by atoms with E-state index in [1.807, 2.05) is 37.3 Å². The van der Waals surface area contributed by atoms with Gasteiger partial charge in [-0.25, -0.2) is 4.98 Å². The van der Waals surface area contributed by atoms with Crippen LogP contribution in [0.15, 0.2) is 48.9 Å². The van der Waals surface area contributed by atoms with Crippen molar-refractivity contribution in [3.63, 3.8) is 0 Å². The third-order valence-electron chi connectivity index (χ3n) is 4.56. The zero-order valence-electron chi connectivity index (χ0n) is 16.4. The molecule has 0 spiro atoms. The van der Waals surface area contributed by atoms with Gasteiger partial charge in [-0.2, -0.15) is 9.97 Å². The van der Waals surface area contributed by atoms with Gasteiger partial charge in [0.15, 0.2) is 5.65 Å². The van der Waals surface area contributed by atoms with E-state index in [0.29, 0.717) is 35.8 Å². The van der Waals surface area contributed by atoms with Crippen LogP contribution in [-0.4, -0.2) is 30.8 Å². The number of amides is 1. The number of H-pyrrole nitrogens is 1. The van der Waals surface area contributed by atoms with Crippen molar-refractivity contribution in [2.45, 2.75) is 26.5 Å². The van der Waals surface area contributed by atoms with Crippen LogP contribution < -0.4 is 15.8 Å². The van der Waals surface area contributed by atoms with Gasteiger partial charge >= 0.3 is 0 Å². The summed E-state index contributed by atoms with van der Waals surface area (Å²) in [5.74, 6) is 0.343. The Balaban J connectivity index is 1.34. The number of nitrogens with two attached hydrogens (primary N) is 1. The largest absolute Gasteiger partial charge is 0.471 e. The highest BCUT2D eigenvalue weighted by Gasteiger charge is 2.10. The van der Waals surface area contributed by atoms with Gasteiger partial charge in [0.05, 0.1) is 6.33 Å². The number of hydrogen-bond donors (Lipinski definition) is 3. The Morgan fingerprint density at radius 1 is 1.13 bits per heavy atom. The Kier molecular flexibility index (Phi) is 5.51. The van der Waals surface area contributed by atoms with E-state index in [1.165, 1.54) is 6.33 Å². The van der Waals surface area contributed by atoms with E-state index in [0.717, 1.165) is 23.2 Å². The number of nitrogens with one attached hydrogen (secondary N) is 2. The smallest absolute Gasteiger partial charge is 0.251 e. The second kappa shape index (κ2) is 8.56. The number of aromatic nitrogens is 5. The van der Waals surface area contributed by atoms with Gasteiger partial charge in [-0.15, -0.1) is 0 Å². The number of fused-ring (bicyclic) bond motifs is 1. The molecule has 9 heteroatoms. The number of anilines is 1. The fourth-order valence-corrected chi connectivity index (χ4v) is 2.93. The van der Waals surface area contributed by atoms with Crippen LogP contribution in [0.25, 0.3) is 11.2 Å². The molecule has 0 atom stereocenters. The molecule has 0 saturated heterocycles. The number of carbonyl (C=O) groups excluding carboxylic acids is 1. The van der Waals surface area contributed by atoms with Crippen LogP contribution in [0, 0.1) is 0 Å². The monoisotopic (exact) mass is 403 g/mol. The molecule has 0 radical (unpaired) electrons. The fraction of sp³-hybridized carbons (Fsp3) is 0.190. The third kappa shape index (κ3) is 4.35. The van der Waals surface area contributed by atoms with Crippen molar-refractivity contribution in [1.29, 1.82) is 0 Å². The highest BCUT2D eigenvalue weighted by molar-refractivity contribution is 5.94. The van der Waals surface area contributed by atoms with Crippen LogP contribution in [0.2, 0.25) is 0 Å². The second-order valence-electron chi connectivity index (χ2n) is 6.67. The minimum absolute atomic E-state index is 0.107. The van der Waals surface area contributed by atoms with Crippen molar-refractivity contribution < 1.29 is 9.53 Å². The van der Waals surface area contributed by atoms with E-state index >= 15 is 0 Å². The van der Waals surface area contributed by atoms with Crippen molar-refractivity contribution in [3.05, 3.63) is 71.3 Å². The number of hydrogen-bond acceptors (Lipinski definition) is 7. The van der Waals surface area contributed by atoms with E-state index in [9.17, 15) is 4.79 Å². The molecule has 0 fully saturated rings. The van der Waals surface area contributed by atoms with Crippen molar-refractivity contribution in [2.24, 2.45) is 0 Å². The molecular formula is C21H21N7O2. The predicted molar refractivity (Wildman–Crippen MR) is 112 cm³/mol. The summed E-state index contributed by atoms with van der Waals surface area (Å²) in [5.41, 5.74) is 10.2. The molecular weight excluding hydrogens is 382 g/mol. The highest BCUT2D eigenvalue weighted by Crippen LogP contribution is 2.20. The Morgan fingerprint density at radius 3 is 2.73 bits per heavy atom. The Bertz CT molecular complexity index is 1170. The third-order valence-corrected chi connectivity index (χ3v) is 4.56. The SMILES string of the molecule is CCc1cc(C(=O)NCc2ccc(COc3nc(N)nc4nc[nH]c34)cc2)ccn1. The van der Waals surface area contributed by atoms with Gasteiger partial charge in [0.25, 0.3) is 5.91 Å². The molecule has 0 aliphatic rings. The topological polar surface area (TPSA) is 132 Å². The molecule has 0 saturated carbocycles. The Hall–Kier alpha value is -4.01. The summed E-state index contributed by atoms with van der Waals surface area (Å²) >= 11 is 0. The van der Waals surface area contributed by atoms with Crippen LogP contribution in [0.1, 0.15) is 34.1 Å². The summed E-state index contributed by atoms with van der Waals surface area (Å²) in [7, 11) is 0. The van der Waals surface area contributed by atoms with Crippen LogP contribution in [0.5, 0.6) is 5.88 Å². The number of aromatic amines is 1. The molecule has 1 aromatic carbocycles. The fourth-order valence-electron chi connectivity index (χ4n) is 2.93. The first-order chi connectivity index (χ1) is 14.6. The number of imidazole rings is 1. The molecule has 0 unspecified atom stereocenters. The number of nitrogens with zero attached hydrogens (tertiary/aromatic N) is 4. The van der Waals surface area contributed by atoms with Gasteiger partial charge in [-0.05, 0) is 29.7 Å². The molecule has 4 rings (SSSR count). The van der Waals surface area contributed by atoms with Crippen LogP contribution in [0.4, 0.5) is 5.95 Å². The van der Waals surface area contributed by atoms with Crippen molar-refractivity contribution in [3.8, 4) is 5.88 Å². The molecule has 3 aromatic heterocycles. The summed E-state index contributed by atoms with van der Waals surface area (Å²) in [4.78, 5) is 31.7. The first kappa shape index (κ1) is 19.3. The van der Waals surface area contributed by atoms with Crippen LogP contribution >= 0.6 is 0 Å². The Morgan fingerprint density at radius 2 is 1.93 bits per heavy atom. The van der Waals surface area contributed by atoms with E-state index in [2.05, 4.69) is 30.2 Å². The molecule has 4 N–H and O–H groups in total. The zero-order valence-corrected chi connectivity index (χ0v) is 16.4. The summed E-state index contributed by atoms with van der Waals surface area (Å²) in [6.45, 7) is 2.75. The zero-order chi connectivity index (χ0) is 20.9. The van der Waals surface area contributed by atoms with Crippen LogP contribution in [0.3, 0.4) is 0 Å². The molecule has 0 aliphatic carbocycles. The highest BCUT2D eigenvalue weighted by atomic mass is 16.5. The first-order valence-electron chi connectivity index (χ1n) is 9.52. The molecule has 3 heterocycles. The van der Waals surface area contributed by atoms with Gasteiger partial charge in [-0.1, -0.05) is 31.2 Å². The average Bonchev–Trinajstić information content (AvgIpc) is 3.25. The average molecular weight is 403 g/mol. The number of aryl methyl sites for hydroxylation is 1. The summed E-state index contributed by atoms with van der Waals surface area (Å²) in [5, 5.41) is 2.93. The second-order valence-corrected chi connectivity index (χ2v) is 6.67. The quantitative estimate of drug-likeness (QED) is 0.432. The number of benzene rings is 1. The first-order valence-corrected chi connectivity index (χ1v) is 9.52. The minimum Gasteiger partial charge on any atom is -0.471 e. The van der Waals surface area contributed by atoms with Crippen LogP contribution in [-0.2, 0) is 19.6 Å². The number of rotatable bonds is 7. The number of ether oxygens (including phenoxy) is 1. The number of pyridine rings is 1. The van der Waals surface area contributed by atoms with E-state index in [1.54, 1.807) is 12.3 Å². The minimum atomic E-state index is -0.121. The molecule has 0 aliphatic heterocycles. The van der Waals surface area contributed by atoms with Gasteiger partial charge in [0.2, 0.25) is 11.8 Å². The maximum atomic E-state index is 12.3. The van der Waals surface area contributed by atoms with Gasteiger partial charge < -0.3 is 20.8 Å². The predicted octanol–water partition coefficient (Wildman–Crippen LogP) is 2.40. The lowest BCUT2D eigenvalue weighted by Gasteiger charge is -2.09. The maximum absolute atomic E-state index is 12.3. The summed E-state index contributed by atoms with van der Waals surface area (Å²) in [6, 6.07) is 11.3. The van der Waals surface area contributed by atoms with Crippen molar-refractivity contribution in [1.82, 2.24) is 30.2 Å². The maximum Gasteiger partial charge on any atom is 0.251 e. The molecule has 4 aromatic rings. The number of nitrogen functional groups attached to an aromatic ring is 1. The summed E-state index contributed by atoms with van der Waals surface area (Å²) < 4.78 is 5.78. The lowest BCUT2D eigenvalue weighted by atomic mass is 10.1. The van der Waals surface area contributed by atoms with Gasteiger partial charge in [0.1, 0.15) is 12.1 Å². The van der Waals surface area contributed by atoms with E-state index in [4.69, 9.17) is 10.5 Å².